The highest BCUT2D eigenvalue weighted by molar-refractivity contribution is 4.94. The van der Waals surface area contributed by atoms with E-state index < -0.39 is 0 Å². The molecule has 0 aromatic rings. The number of rotatable bonds is 11. The lowest BCUT2D eigenvalue weighted by Crippen LogP contribution is -2.35. The van der Waals surface area contributed by atoms with Crippen molar-refractivity contribution in [2.24, 2.45) is 0 Å². The predicted octanol–water partition coefficient (Wildman–Crippen LogP) is 4.91. The molecule has 0 saturated heterocycles. The van der Waals surface area contributed by atoms with Crippen LogP contribution in [-0.2, 0) is 14.2 Å². The maximum Gasteiger partial charge on any atom is 0.0839 e. The Balaban J connectivity index is 4.42. The maximum atomic E-state index is 5.98. The molecule has 0 aliphatic rings. The van der Waals surface area contributed by atoms with Crippen LogP contribution in [0.2, 0.25) is 0 Å². The zero-order valence-electron chi connectivity index (χ0n) is 15.9. The van der Waals surface area contributed by atoms with Crippen molar-refractivity contribution in [2.75, 3.05) is 19.8 Å². The molecule has 0 aromatic carbocycles. The molecule has 1 atom stereocenters. The van der Waals surface area contributed by atoms with Crippen LogP contribution in [0.4, 0.5) is 0 Å². The lowest BCUT2D eigenvalue weighted by molar-refractivity contribution is -0.0937. The van der Waals surface area contributed by atoms with Crippen LogP contribution < -0.4 is 0 Å². The molecule has 0 aliphatic carbocycles. The largest absolute Gasteiger partial charge is 0.375 e. The van der Waals surface area contributed by atoms with Crippen LogP contribution in [0.1, 0.15) is 61.8 Å². The summed E-state index contributed by atoms with van der Waals surface area (Å²) < 4.78 is 17.7. The fourth-order valence-corrected chi connectivity index (χ4v) is 2.00. The van der Waals surface area contributed by atoms with Gasteiger partial charge < -0.3 is 14.2 Å². The van der Waals surface area contributed by atoms with Gasteiger partial charge in [-0.2, -0.15) is 0 Å². The number of ether oxygens (including phenoxy) is 3. The average molecular weight is 312 g/mol. The van der Waals surface area contributed by atoms with Gasteiger partial charge in [-0.25, -0.2) is 0 Å². The number of hydrogen-bond donors (Lipinski definition) is 0. The minimum Gasteiger partial charge on any atom is -0.375 e. The van der Waals surface area contributed by atoms with Crippen molar-refractivity contribution < 1.29 is 14.2 Å². The highest BCUT2D eigenvalue weighted by Crippen LogP contribution is 2.20. The van der Waals surface area contributed by atoms with Gasteiger partial charge in [-0.3, -0.25) is 0 Å². The summed E-state index contributed by atoms with van der Waals surface area (Å²) in [5, 5.41) is 0. The van der Waals surface area contributed by atoms with Crippen LogP contribution >= 0.6 is 0 Å². The van der Waals surface area contributed by atoms with E-state index in [2.05, 4.69) is 67.5 Å². The van der Waals surface area contributed by atoms with Crippen LogP contribution in [0.15, 0.2) is 23.3 Å². The maximum absolute atomic E-state index is 5.98. The number of allylic oxidation sites excluding steroid dienone is 2. The summed E-state index contributed by atoms with van der Waals surface area (Å²) in [6, 6.07) is 0. The van der Waals surface area contributed by atoms with Crippen molar-refractivity contribution >= 4 is 0 Å². The molecule has 0 bridgehead atoms. The molecule has 22 heavy (non-hydrogen) atoms. The van der Waals surface area contributed by atoms with Gasteiger partial charge in [0.05, 0.1) is 37.6 Å². The minimum absolute atomic E-state index is 0.0484. The molecule has 0 amide bonds. The van der Waals surface area contributed by atoms with Gasteiger partial charge in [0.25, 0.3) is 0 Å². The fraction of sp³-hybridized carbons (Fsp3) is 0.789. The van der Waals surface area contributed by atoms with Crippen molar-refractivity contribution in [3.8, 4) is 0 Å². The zero-order valence-corrected chi connectivity index (χ0v) is 15.9. The molecule has 0 fully saturated rings. The van der Waals surface area contributed by atoms with E-state index >= 15 is 0 Å². The lowest BCUT2D eigenvalue weighted by Gasteiger charge is -2.30. The second-order valence-electron chi connectivity index (χ2n) is 7.18. The first-order valence-electron chi connectivity index (χ1n) is 8.26. The van der Waals surface area contributed by atoms with Crippen LogP contribution in [0.3, 0.4) is 0 Å². The van der Waals surface area contributed by atoms with Crippen LogP contribution in [0.25, 0.3) is 0 Å². The Morgan fingerprint density at radius 3 is 2.00 bits per heavy atom. The summed E-state index contributed by atoms with van der Waals surface area (Å²) in [7, 11) is 0. The molecule has 0 aliphatic heterocycles. The van der Waals surface area contributed by atoms with E-state index in [9.17, 15) is 0 Å². The Morgan fingerprint density at radius 1 is 0.955 bits per heavy atom. The van der Waals surface area contributed by atoms with Gasteiger partial charge in [-0.1, -0.05) is 23.3 Å². The third-order valence-corrected chi connectivity index (χ3v) is 3.06. The first-order valence-corrected chi connectivity index (χ1v) is 8.26. The summed E-state index contributed by atoms with van der Waals surface area (Å²) in [6.07, 6.45) is 5.24. The highest BCUT2D eigenvalue weighted by atomic mass is 16.5. The molecule has 0 radical (unpaired) electrons. The molecule has 1 unspecified atom stereocenters. The number of hydrogen-bond acceptors (Lipinski definition) is 3. The van der Waals surface area contributed by atoms with Crippen LogP contribution in [0, 0.1) is 0 Å². The van der Waals surface area contributed by atoms with E-state index in [0.29, 0.717) is 19.8 Å². The van der Waals surface area contributed by atoms with E-state index in [1.165, 1.54) is 11.1 Å². The van der Waals surface area contributed by atoms with Gasteiger partial charge in [-0.05, 0) is 55.4 Å². The Morgan fingerprint density at radius 2 is 1.50 bits per heavy atom. The van der Waals surface area contributed by atoms with Gasteiger partial charge in [0.15, 0.2) is 0 Å². The van der Waals surface area contributed by atoms with Gasteiger partial charge in [0.2, 0.25) is 0 Å². The molecule has 0 rings (SSSR count). The Hall–Kier alpha value is -0.640. The molecule has 0 N–H and O–H groups in total. The SMILES string of the molecule is CC(C)=CCOCC(CC(C)(C)OCC=C(C)C)OC(C)C. The molecular weight excluding hydrogens is 276 g/mol. The van der Waals surface area contributed by atoms with E-state index in [1.807, 2.05) is 0 Å². The molecule has 3 nitrogen and oxygen atoms in total. The second-order valence-corrected chi connectivity index (χ2v) is 7.18. The first kappa shape index (κ1) is 21.4. The van der Waals surface area contributed by atoms with Crippen molar-refractivity contribution in [1.29, 1.82) is 0 Å². The molecule has 0 heterocycles. The minimum atomic E-state index is -0.231. The van der Waals surface area contributed by atoms with E-state index in [1.54, 1.807) is 0 Å². The topological polar surface area (TPSA) is 27.7 Å². The zero-order chi connectivity index (χ0) is 17.2. The monoisotopic (exact) mass is 312 g/mol. The summed E-state index contributed by atoms with van der Waals surface area (Å²) in [5.74, 6) is 0. The Bertz CT molecular complexity index is 346. The molecule has 3 heteroatoms. The first-order chi connectivity index (χ1) is 10.1. The molecule has 0 saturated carbocycles. The normalized spacial score (nSPS) is 13.1. The van der Waals surface area contributed by atoms with Crippen molar-refractivity contribution in [1.82, 2.24) is 0 Å². The van der Waals surface area contributed by atoms with Gasteiger partial charge in [-0.15, -0.1) is 0 Å². The van der Waals surface area contributed by atoms with Crippen molar-refractivity contribution in [3.63, 3.8) is 0 Å². The molecule has 0 spiro atoms. The Labute approximate surface area is 137 Å². The van der Waals surface area contributed by atoms with Crippen LogP contribution in [-0.4, -0.2) is 37.6 Å². The fourth-order valence-electron chi connectivity index (χ4n) is 2.00. The van der Waals surface area contributed by atoms with E-state index in [-0.39, 0.29) is 17.8 Å². The Kier molecular flexibility index (Phi) is 10.7. The lowest BCUT2D eigenvalue weighted by atomic mass is 10.0. The summed E-state index contributed by atoms with van der Waals surface area (Å²) >= 11 is 0. The second kappa shape index (κ2) is 11.0. The molecule has 130 valence electrons. The summed E-state index contributed by atoms with van der Waals surface area (Å²) in [4.78, 5) is 0. The van der Waals surface area contributed by atoms with Crippen molar-refractivity contribution in [3.05, 3.63) is 23.3 Å². The predicted molar refractivity (Wildman–Crippen MR) is 94.3 cm³/mol. The van der Waals surface area contributed by atoms with Gasteiger partial charge in [0.1, 0.15) is 0 Å². The highest BCUT2D eigenvalue weighted by Gasteiger charge is 2.25. The van der Waals surface area contributed by atoms with Gasteiger partial charge in [0, 0.05) is 6.42 Å². The molecule has 0 aromatic heterocycles. The standard InChI is InChI=1S/C19H36O3/c1-15(2)9-11-20-14-18(22-17(5)6)13-19(7,8)21-12-10-16(3)4/h9-10,17-18H,11-14H2,1-8H3. The molecular formula is C19H36O3. The van der Waals surface area contributed by atoms with Crippen molar-refractivity contribution in [2.45, 2.75) is 79.6 Å². The third kappa shape index (κ3) is 13.1. The smallest absolute Gasteiger partial charge is 0.0839 e. The summed E-state index contributed by atoms with van der Waals surface area (Å²) in [6.45, 7) is 18.5. The quantitative estimate of drug-likeness (QED) is 0.400. The average Bonchev–Trinajstić information content (AvgIpc) is 2.32. The van der Waals surface area contributed by atoms with E-state index in [4.69, 9.17) is 14.2 Å². The van der Waals surface area contributed by atoms with Gasteiger partial charge >= 0.3 is 0 Å². The van der Waals surface area contributed by atoms with E-state index in [0.717, 1.165) is 6.42 Å². The third-order valence-electron chi connectivity index (χ3n) is 3.06. The van der Waals surface area contributed by atoms with Crippen LogP contribution in [0.5, 0.6) is 0 Å². The summed E-state index contributed by atoms with van der Waals surface area (Å²) in [5.41, 5.74) is 2.31.